The SMILES string of the molecule is COc1nn(C)cc1NC(=O)NCc1nc2c(s1)CCCC2. The van der Waals surface area contributed by atoms with Crippen molar-refractivity contribution < 1.29 is 9.53 Å². The first-order valence-electron chi connectivity index (χ1n) is 7.25. The Morgan fingerprint density at radius 1 is 1.45 bits per heavy atom. The molecule has 2 aromatic heterocycles. The quantitative estimate of drug-likeness (QED) is 0.903. The number of fused-ring (bicyclic) bond motifs is 1. The summed E-state index contributed by atoms with van der Waals surface area (Å²) in [5.74, 6) is 0.391. The number of rotatable bonds is 4. The van der Waals surface area contributed by atoms with Crippen LogP contribution in [0.15, 0.2) is 6.20 Å². The minimum atomic E-state index is -0.292. The van der Waals surface area contributed by atoms with Gasteiger partial charge < -0.3 is 15.4 Å². The van der Waals surface area contributed by atoms with Gasteiger partial charge in [0.1, 0.15) is 10.7 Å². The molecule has 2 N–H and O–H groups in total. The van der Waals surface area contributed by atoms with Gasteiger partial charge in [0.25, 0.3) is 5.88 Å². The van der Waals surface area contributed by atoms with Gasteiger partial charge in [0.15, 0.2) is 0 Å². The number of ether oxygens (including phenoxy) is 1. The molecule has 7 nitrogen and oxygen atoms in total. The third-order valence-electron chi connectivity index (χ3n) is 3.53. The predicted molar refractivity (Wildman–Crippen MR) is 84.4 cm³/mol. The lowest BCUT2D eigenvalue weighted by atomic mass is 10.0. The fraction of sp³-hybridized carbons (Fsp3) is 0.500. The number of aromatic nitrogens is 3. The Bertz CT molecular complexity index is 655. The number of thiazole rings is 1. The van der Waals surface area contributed by atoms with E-state index in [-0.39, 0.29) is 6.03 Å². The standard InChI is InChI=1S/C14H19N5O2S/c1-19-8-10(13(18-19)21-2)17-14(20)15-7-12-16-9-5-3-4-6-11(9)22-12/h8H,3-7H2,1-2H3,(H2,15,17,20). The Balaban J connectivity index is 1.57. The second-order valence-corrected chi connectivity index (χ2v) is 6.39. The number of carbonyl (C=O) groups excluding carboxylic acids is 1. The number of urea groups is 1. The van der Waals surface area contributed by atoms with Crippen molar-refractivity contribution in [2.24, 2.45) is 7.05 Å². The van der Waals surface area contributed by atoms with Gasteiger partial charge in [-0.15, -0.1) is 16.4 Å². The maximum Gasteiger partial charge on any atom is 0.319 e. The molecule has 22 heavy (non-hydrogen) atoms. The molecule has 118 valence electrons. The normalized spacial score (nSPS) is 13.5. The van der Waals surface area contributed by atoms with E-state index in [1.165, 1.54) is 30.5 Å². The van der Waals surface area contributed by atoms with Crippen LogP contribution in [0.3, 0.4) is 0 Å². The maximum atomic E-state index is 12.0. The van der Waals surface area contributed by atoms with Crippen LogP contribution in [0.4, 0.5) is 10.5 Å². The van der Waals surface area contributed by atoms with Crippen molar-refractivity contribution in [3.05, 3.63) is 21.8 Å². The summed E-state index contributed by atoms with van der Waals surface area (Å²) in [5.41, 5.74) is 1.75. The number of nitrogens with zero attached hydrogens (tertiary/aromatic N) is 3. The van der Waals surface area contributed by atoms with Gasteiger partial charge in [-0.2, -0.15) is 0 Å². The Hall–Kier alpha value is -2.09. The summed E-state index contributed by atoms with van der Waals surface area (Å²) in [7, 11) is 3.29. The molecule has 0 aliphatic heterocycles. The average Bonchev–Trinajstić information content (AvgIpc) is 3.07. The van der Waals surface area contributed by atoms with Crippen molar-refractivity contribution in [2.75, 3.05) is 12.4 Å². The molecule has 1 aliphatic rings. The number of anilines is 1. The van der Waals surface area contributed by atoms with Gasteiger partial charge in [0.05, 0.1) is 25.5 Å². The van der Waals surface area contributed by atoms with Crippen molar-refractivity contribution in [3.8, 4) is 5.88 Å². The molecular formula is C14H19N5O2S. The molecule has 0 saturated carbocycles. The summed E-state index contributed by atoms with van der Waals surface area (Å²) in [6.07, 6.45) is 6.33. The smallest absolute Gasteiger partial charge is 0.319 e. The lowest BCUT2D eigenvalue weighted by molar-refractivity contribution is 0.251. The first-order chi connectivity index (χ1) is 10.7. The third-order valence-corrected chi connectivity index (χ3v) is 4.68. The monoisotopic (exact) mass is 321 g/mol. The number of amides is 2. The first kappa shape index (κ1) is 14.8. The predicted octanol–water partition coefficient (Wildman–Crippen LogP) is 2.09. The van der Waals surface area contributed by atoms with E-state index in [0.717, 1.165) is 17.8 Å². The lowest BCUT2D eigenvalue weighted by Crippen LogP contribution is -2.28. The Labute approximate surface area is 132 Å². The van der Waals surface area contributed by atoms with Crippen LogP contribution in [0.25, 0.3) is 0 Å². The molecule has 0 atom stereocenters. The molecule has 2 heterocycles. The molecule has 2 aromatic rings. The van der Waals surface area contributed by atoms with Crippen molar-refractivity contribution >= 4 is 23.1 Å². The molecule has 0 fully saturated rings. The molecule has 8 heteroatoms. The highest BCUT2D eigenvalue weighted by molar-refractivity contribution is 7.11. The fourth-order valence-corrected chi connectivity index (χ4v) is 3.60. The van der Waals surface area contributed by atoms with E-state index in [1.807, 2.05) is 0 Å². The molecule has 0 unspecified atom stereocenters. The van der Waals surface area contributed by atoms with Crippen molar-refractivity contribution in [3.63, 3.8) is 0 Å². The molecule has 0 aromatic carbocycles. The fourth-order valence-electron chi connectivity index (χ4n) is 2.51. The average molecular weight is 321 g/mol. The zero-order chi connectivity index (χ0) is 15.5. The van der Waals surface area contributed by atoms with Crippen LogP contribution in [-0.2, 0) is 26.4 Å². The van der Waals surface area contributed by atoms with Gasteiger partial charge in [0.2, 0.25) is 0 Å². The van der Waals surface area contributed by atoms with Gasteiger partial charge in [0, 0.05) is 11.9 Å². The van der Waals surface area contributed by atoms with E-state index >= 15 is 0 Å². The Morgan fingerprint density at radius 3 is 3.05 bits per heavy atom. The summed E-state index contributed by atoms with van der Waals surface area (Å²) in [6, 6.07) is -0.292. The number of hydrogen-bond acceptors (Lipinski definition) is 5. The third kappa shape index (κ3) is 3.22. The zero-order valence-corrected chi connectivity index (χ0v) is 13.5. The number of aryl methyl sites for hydroxylation is 3. The molecule has 0 spiro atoms. The number of nitrogens with one attached hydrogen (secondary N) is 2. The van der Waals surface area contributed by atoms with Crippen LogP contribution >= 0.6 is 11.3 Å². The first-order valence-corrected chi connectivity index (χ1v) is 8.07. The van der Waals surface area contributed by atoms with Gasteiger partial charge in [-0.3, -0.25) is 4.68 Å². The molecule has 3 rings (SSSR count). The van der Waals surface area contributed by atoms with E-state index in [2.05, 4.69) is 20.7 Å². The summed E-state index contributed by atoms with van der Waals surface area (Å²) in [6.45, 7) is 0.437. The largest absolute Gasteiger partial charge is 0.478 e. The van der Waals surface area contributed by atoms with Crippen LogP contribution in [0.5, 0.6) is 5.88 Å². The molecule has 1 aliphatic carbocycles. The second kappa shape index (κ2) is 6.35. The van der Waals surface area contributed by atoms with Crippen LogP contribution < -0.4 is 15.4 Å². The van der Waals surface area contributed by atoms with Gasteiger partial charge in [-0.05, 0) is 25.7 Å². The van der Waals surface area contributed by atoms with E-state index in [1.54, 1.807) is 29.3 Å². The molecule has 0 bridgehead atoms. The molecule has 0 radical (unpaired) electrons. The number of methoxy groups -OCH3 is 1. The summed E-state index contributed by atoms with van der Waals surface area (Å²) in [4.78, 5) is 17.9. The van der Waals surface area contributed by atoms with Gasteiger partial charge >= 0.3 is 6.03 Å². The Kier molecular flexibility index (Phi) is 4.28. The number of carbonyl (C=O) groups is 1. The lowest BCUT2D eigenvalue weighted by Gasteiger charge is -2.06. The summed E-state index contributed by atoms with van der Waals surface area (Å²) < 4.78 is 6.69. The molecule has 2 amide bonds. The maximum absolute atomic E-state index is 12.0. The van der Waals surface area contributed by atoms with Crippen molar-refractivity contribution in [1.82, 2.24) is 20.1 Å². The van der Waals surface area contributed by atoms with E-state index in [4.69, 9.17) is 4.74 Å². The van der Waals surface area contributed by atoms with Crippen molar-refractivity contribution in [2.45, 2.75) is 32.2 Å². The highest BCUT2D eigenvalue weighted by Crippen LogP contribution is 2.26. The highest BCUT2D eigenvalue weighted by Gasteiger charge is 2.16. The Morgan fingerprint density at radius 2 is 2.27 bits per heavy atom. The van der Waals surface area contributed by atoms with Gasteiger partial charge in [-0.25, -0.2) is 9.78 Å². The van der Waals surface area contributed by atoms with Crippen LogP contribution in [0, 0.1) is 0 Å². The van der Waals surface area contributed by atoms with Crippen LogP contribution in [0.1, 0.15) is 28.4 Å². The van der Waals surface area contributed by atoms with E-state index < -0.39 is 0 Å². The zero-order valence-electron chi connectivity index (χ0n) is 12.7. The van der Waals surface area contributed by atoms with E-state index in [0.29, 0.717) is 18.1 Å². The van der Waals surface area contributed by atoms with Crippen molar-refractivity contribution in [1.29, 1.82) is 0 Å². The number of hydrogen-bond donors (Lipinski definition) is 2. The highest BCUT2D eigenvalue weighted by atomic mass is 32.1. The summed E-state index contributed by atoms with van der Waals surface area (Å²) >= 11 is 1.70. The molecule has 0 saturated heterocycles. The topological polar surface area (TPSA) is 81.1 Å². The minimum Gasteiger partial charge on any atom is -0.478 e. The van der Waals surface area contributed by atoms with Gasteiger partial charge in [-0.1, -0.05) is 0 Å². The van der Waals surface area contributed by atoms with Crippen LogP contribution in [0.2, 0.25) is 0 Å². The summed E-state index contributed by atoms with van der Waals surface area (Å²) in [5, 5.41) is 10.6. The van der Waals surface area contributed by atoms with Crippen LogP contribution in [-0.4, -0.2) is 27.9 Å². The second-order valence-electron chi connectivity index (χ2n) is 5.22. The molecular weight excluding hydrogens is 302 g/mol. The van der Waals surface area contributed by atoms with E-state index in [9.17, 15) is 4.79 Å². The minimum absolute atomic E-state index is 0.292.